The number of nitrogens with zero attached hydrogens (tertiary/aromatic N) is 3. The van der Waals surface area contributed by atoms with E-state index in [1.807, 2.05) is 41.5 Å². The molecule has 0 saturated carbocycles. The Morgan fingerprint density at radius 1 is 1.16 bits per heavy atom. The zero-order valence-electron chi connectivity index (χ0n) is 23.6. The molecule has 3 amide bonds. The van der Waals surface area contributed by atoms with Crippen molar-refractivity contribution in [3.8, 4) is 0 Å². The summed E-state index contributed by atoms with van der Waals surface area (Å²) in [6, 6.07) is -1.57. The van der Waals surface area contributed by atoms with Crippen LogP contribution in [-0.4, -0.2) is 93.1 Å². The number of fused-ring (bicyclic) bond motifs is 1. The van der Waals surface area contributed by atoms with Gasteiger partial charge in [-0.25, -0.2) is 0 Å². The van der Waals surface area contributed by atoms with E-state index in [0.717, 1.165) is 12.8 Å². The second-order valence-corrected chi connectivity index (χ2v) is 11.6. The number of hydrogen-bond acceptors (Lipinski definition) is 5. The average molecular weight is 518 g/mol. The van der Waals surface area contributed by atoms with E-state index < -0.39 is 35.1 Å². The van der Waals surface area contributed by atoms with Crippen molar-refractivity contribution in [1.82, 2.24) is 14.7 Å². The lowest BCUT2D eigenvalue weighted by molar-refractivity contribution is -0.158. The minimum absolute atomic E-state index is 0.0364. The summed E-state index contributed by atoms with van der Waals surface area (Å²) in [6.07, 6.45) is 6.02. The van der Waals surface area contributed by atoms with Crippen molar-refractivity contribution in [3.05, 3.63) is 25.3 Å². The van der Waals surface area contributed by atoms with E-state index in [9.17, 15) is 19.5 Å². The molecule has 2 unspecified atom stereocenters. The lowest BCUT2D eigenvalue weighted by Crippen LogP contribution is -2.60. The Morgan fingerprint density at radius 3 is 2.32 bits per heavy atom. The van der Waals surface area contributed by atoms with Crippen molar-refractivity contribution in [2.75, 3.05) is 26.2 Å². The lowest BCUT2D eigenvalue weighted by atomic mass is 9.66. The van der Waals surface area contributed by atoms with Gasteiger partial charge in [0.2, 0.25) is 17.7 Å². The van der Waals surface area contributed by atoms with Gasteiger partial charge in [0, 0.05) is 25.7 Å². The molecule has 0 aliphatic carbocycles. The first-order valence-electron chi connectivity index (χ1n) is 13.9. The third kappa shape index (κ3) is 4.65. The molecule has 8 nitrogen and oxygen atoms in total. The fourth-order valence-corrected chi connectivity index (χ4v) is 6.96. The number of amides is 3. The second-order valence-electron chi connectivity index (χ2n) is 11.6. The van der Waals surface area contributed by atoms with Crippen molar-refractivity contribution in [1.29, 1.82) is 0 Å². The van der Waals surface area contributed by atoms with E-state index in [-0.39, 0.29) is 36.3 Å². The Morgan fingerprint density at radius 2 is 1.81 bits per heavy atom. The van der Waals surface area contributed by atoms with Crippen LogP contribution < -0.4 is 0 Å². The molecule has 3 rings (SSSR count). The molecule has 0 aromatic heterocycles. The van der Waals surface area contributed by atoms with E-state index in [1.54, 1.807) is 26.9 Å². The van der Waals surface area contributed by atoms with Crippen LogP contribution in [0.2, 0.25) is 0 Å². The van der Waals surface area contributed by atoms with Gasteiger partial charge in [-0.15, -0.1) is 13.2 Å². The van der Waals surface area contributed by atoms with Crippen molar-refractivity contribution in [3.63, 3.8) is 0 Å². The summed E-state index contributed by atoms with van der Waals surface area (Å²) in [5, 5.41) is 10.5. The molecule has 1 N–H and O–H groups in total. The molecular weight excluding hydrogens is 470 g/mol. The number of likely N-dealkylation sites (tertiary alicyclic amines) is 1. The number of carbonyl (C=O) groups excluding carboxylic acids is 3. The number of aliphatic hydroxyl groups excluding tert-OH is 1. The maximum atomic E-state index is 14.4. The fraction of sp³-hybridized carbons (Fsp3) is 0.759. The van der Waals surface area contributed by atoms with Gasteiger partial charge in [0.25, 0.3) is 0 Å². The van der Waals surface area contributed by atoms with Gasteiger partial charge >= 0.3 is 0 Å². The minimum Gasteiger partial charge on any atom is -0.394 e. The number of ether oxygens (including phenoxy) is 1. The summed E-state index contributed by atoms with van der Waals surface area (Å²) in [5.41, 5.74) is -1.94. The van der Waals surface area contributed by atoms with E-state index in [1.165, 1.54) is 0 Å². The summed E-state index contributed by atoms with van der Waals surface area (Å²) in [4.78, 5) is 47.8. The first-order valence-corrected chi connectivity index (χ1v) is 13.9. The Labute approximate surface area is 222 Å². The van der Waals surface area contributed by atoms with Gasteiger partial charge < -0.3 is 24.5 Å². The van der Waals surface area contributed by atoms with Crippen LogP contribution in [0.1, 0.15) is 67.2 Å². The Bertz CT molecular complexity index is 906. The largest absolute Gasteiger partial charge is 0.394 e. The molecule has 1 spiro atoms. The van der Waals surface area contributed by atoms with Crippen LogP contribution in [0, 0.1) is 17.8 Å². The average Bonchev–Trinajstić information content (AvgIpc) is 3.42. The molecular formula is C29H47N3O5. The molecule has 3 aliphatic rings. The normalized spacial score (nSPS) is 31.8. The highest BCUT2D eigenvalue weighted by Gasteiger charge is 2.79. The molecule has 0 aromatic carbocycles. The fourth-order valence-electron chi connectivity index (χ4n) is 6.96. The monoisotopic (exact) mass is 517 g/mol. The Balaban J connectivity index is 2.18. The third-order valence-electron chi connectivity index (χ3n) is 8.95. The Hall–Kier alpha value is -2.19. The van der Waals surface area contributed by atoms with Gasteiger partial charge in [0.15, 0.2) is 0 Å². The number of aliphatic hydroxyl groups is 1. The summed E-state index contributed by atoms with van der Waals surface area (Å²) < 4.78 is 6.77. The van der Waals surface area contributed by atoms with E-state index in [4.69, 9.17) is 4.74 Å². The number of hydrogen-bond donors (Lipinski definition) is 1. The van der Waals surface area contributed by atoms with E-state index in [0.29, 0.717) is 32.5 Å². The molecule has 3 aliphatic heterocycles. The van der Waals surface area contributed by atoms with Crippen molar-refractivity contribution in [2.45, 2.75) is 96.6 Å². The predicted octanol–water partition coefficient (Wildman–Crippen LogP) is 3.01. The van der Waals surface area contributed by atoms with E-state index >= 15 is 0 Å². The molecule has 208 valence electrons. The van der Waals surface area contributed by atoms with Crippen LogP contribution in [0.15, 0.2) is 25.3 Å². The summed E-state index contributed by atoms with van der Waals surface area (Å²) >= 11 is 0. The van der Waals surface area contributed by atoms with Crippen molar-refractivity contribution >= 4 is 17.7 Å². The second kappa shape index (κ2) is 11.3. The standard InChI is InChI=1S/C29H47N3O5/c1-9-15-30(16-10-2)25(34)22-23-26(35)32(21(18-33)20(7)12-4)24(27(36)31(17-11-3)19(5)6)29(23)14-13-28(22,8)37-29/h9,11,19-24,33H,1,3,10,12-18H2,2,4-8H3/t20-,21-,22+,23-,24?,28-,29?/m0/s1. The van der Waals surface area contributed by atoms with E-state index in [2.05, 4.69) is 13.2 Å². The number of carbonyl (C=O) groups is 3. The molecule has 2 bridgehead atoms. The van der Waals surface area contributed by atoms with Gasteiger partial charge in [-0.05, 0) is 46.0 Å². The highest BCUT2D eigenvalue weighted by molar-refractivity contribution is 5.99. The molecule has 8 heteroatoms. The van der Waals surface area contributed by atoms with Crippen molar-refractivity contribution < 1.29 is 24.2 Å². The molecule has 3 saturated heterocycles. The van der Waals surface area contributed by atoms with Crippen LogP contribution in [0.5, 0.6) is 0 Å². The topological polar surface area (TPSA) is 90.4 Å². The van der Waals surface area contributed by atoms with Gasteiger partial charge in [0.1, 0.15) is 11.6 Å². The molecule has 3 fully saturated rings. The SMILES string of the molecule is C=CCN(CCC)C(=O)[C@H]1[C@H]2C(=O)N([C@@H](CO)[C@@H](C)CC)C(C(=O)N(CC=C)C(C)C)C23CC[C@]1(C)O3. The molecule has 0 radical (unpaired) electrons. The lowest BCUT2D eigenvalue weighted by Gasteiger charge is -2.42. The smallest absolute Gasteiger partial charge is 0.248 e. The maximum absolute atomic E-state index is 14.4. The van der Waals surface area contributed by atoms with Crippen molar-refractivity contribution in [2.24, 2.45) is 17.8 Å². The molecule has 3 heterocycles. The van der Waals surface area contributed by atoms with Crippen LogP contribution >= 0.6 is 0 Å². The number of rotatable bonds is 13. The molecule has 0 aromatic rings. The van der Waals surface area contributed by atoms with Crippen LogP contribution in [0.3, 0.4) is 0 Å². The van der Waals surface area contributed by atoms with Crippen LogP contribution in [0.25, 0.3) is 0 Å². The molecule has 37 heavy (non-hydrogen) atoms. The Kier molecular flexibility index (Phi) is 8.95. The minimum atomic E-state index is -1.11. The zero-order chi connectivity index (χ0) is 27.7. The first kappa shape index (κ1) is 29.4. The molecule has 7 atom stereocenters. The third-order valence-corrected chi connectivity index (χ3v) is 8.95. The summed E-state index contributed by atoms with van der Waals surface area (Å²) in [5.74, 6) is -2.08. The van der Waals surface area contributed by atoms with Crippen LogP contribution in [-0.2, 0) is 19.1 Å². The first-order chi connectivity index (χ1) is 17.5. The van der Waals surface area contributed by atoms with Gasteiger partial charge in [-0.2, -0.15) is 0 Å². The van der Waals surface area contributed by atoms with Gasteiger partial charge in [-0.1, -0.05) is 39.3 Å². The summed E-state index contributed by atoms with van der Waals surface area (Å²) in [7, 11) is 0. The highest BCUT2D eigenvalue weighted by atomic mass is 16.5. The zero-order valence-corrected chi connectivity index (χ0v) is 23.6. The predicted molar refractivity (Wildman–Crippen MR) is 144 cm³/mol. The highest BCUT2D eigenvalue weighted by Crippen LogP contribution is 2.64. The van der Waals surface area contributed by atoms with Gasteiger partial charge in [-0.3, -0.25) is 14.4 Å². The van der Waals surface area contributed by atoms with Gasteiger partial charge in [0.05, 0.1) is 30.1 Å². The maximum Gasteiger partial charge on any atom is 0.248 e. The quantitative estimate of drug-likeness (QED) is 0.379. The van der Waals surface area contributed by atoms with Crippen LogP contribution in [0.4, 0.5) is 0 Å². The summed E-state index contributed by atoms with van der Waals surface area (Å²) in [6.45, 7) is 20.5.